The number of ether oxygens (including phenoxy) is 1. The van der Waals surface area contributed by atoms with Gasteiger partial charge < -0.3 is 15.4 Å². The van der Waals surface area contributed by atoms with Crippen LogP contribution in [0.2, 0.25) is 0 Å². The summed E-state index contributed by atoms with van der Waals surface area (Å²) in [6.45, 7) is 2.23. The van der Waals surface area contributed by atoms with E-state index in [1.807, 2.05) is 19.2 Å². The Bertz CT molecular complexity index is 291. The van der Waals surface area contributed by atoms with E-state index in [0.717, 1.165) is 31.0 Å². The summed E-state index contributed by atoms with van der Waals surface area (Å²) >= 11 is 0. The zero-order valence-electron chi connectivity index (χ0n) is 9.44. The van der Waals surface area contributed by atoms with Gasteiger partial charge in [-0.05, 0) is 12.5 Å². The van der Waals surface area contributed by atoms with Gasteiger partial charge in [-0.3, -0.25) is 0 Å². The van der Waals surface area contributed by atoms with Gasteiger partial charge in [-0.25, -0.2) is 4.98 Å². The van der Waals surface area contributed by atoms with E-state index >= 15 is 0 Å². The van der Waals surface area contributed by atoms with E-state index in [-0.39, 0.29) is 0 Å². The second-order valence-electron chi connectivity index (χ2n) is 3.46. The van der Waals surface area contributed by atoms with Crippen LogP contribution in [0.5, 0.6) is 0 Å². The molecule has 1 aromatic heterocycles. The van der Waals surface area contributed by atoms with Gasteiger partial charge in [0.2, 0.25) is 0 Å². The molecule has 4 nitrogen and oxygen atoms in total. The molecule has 0 bridgehead atoms. The SMILES string of the molecule is COCCCN(C)c1ncccc1CN. The number of pyridine rings is 1. The van der Waals surface area contributed by atoms with Crippen LogP contribution < -0.4 is 10.6 Å². The Morgan fingerprint density at radius 1 is 1.53 bits per heavy atom. The van der Waals surface area contributed by atoms with Crippen molar-refractivity contribution in [3.63, 3.8) is 0 Å². The molecule has 0 aliphatic rings. The predicted molar refractivity (Wildman–Crippen MR) is 61.9 cm³/mol. The third kappa shape index (κ3) is 3.49. The molecule has 0 aliphatic heterocycles. The molecule has 0 atom stereocenters. The number of methoxy groups -OCH3 is 1. The second kappa shape index (κ2) is 6.37. The minimum atomic E-state index is 0.526. The van der Waals surface area contributed by atoms with Gasteiger partial charge in [0.05, 0.1) is 0 Å². The van der Waals surface area contributed by atoms with Crippen LogP contribution in [0.25, 0.3) is 0 Å². The monoisotopic (exact) mass is 209 g/mol. The second-order valence-corrected chi connectivity index (χ2v) is 3.46. The molecule has 0 radical (unpaired) electrons. The minimum Gasteiger partial charge on any atom is -0.385 e. The van der Waals surface area contributed by atoms with E-state index in [2.05, 4.69) is 9.88 Å². The van der Waals surface area contributed by atoms with Crippen LogP contribution in [-0.4, -0.2) is 32.3 Å². The number of aromatic nitrogens is 1. The quantitative estimate of drug-likeness (QED) is 0.710. The fraction of sp³-hybridized carbons (Fsp3) is 0.545. The van der Waals surface area contributed by atoms with Crippen molar-refractivity contribution in [1.29, 1.82) is 0 Å². The Morgan fingerprint density at radius 2 is 2.33 bits per heavy atom. The number of anilines is 1. The molecule has 0 saturated carbocycles. The standard InChI is InChI=1S/C11H19N3O/c1-14(7-4-8-15-2)11-10(9-12)5-3-6-13-11/h3,5-6H,4,7-9,12H2,1-2H3. The van der Waals surface area contributed by atoms with Crippen molar-refractivity contribution in [3.8, 4) is 0 Å². The van der Waals surface area contributed by atoms with Gasteiger partial charge in [0, 0.05) is 45.6 Å². The maximum absolute atomic E-state index is 5.65. The molecular formula is C11H19N3O. The lowest BCUT2D eigenvalue weighted by Crippen LogP contribution is -2.22. The first-order valence-corrected chi connectivity index (χ1v) is 5.13. The van der Waals surface area contributed by atoms with Crippen LogP contribution in [0.1, 0.15) is 12.0 Å². The maximum atomic E-state index is 5.65. The molecule has 0 aromatic carbocycles. The molecule has 0 fully saturated rings. The molecule has 0 spiro atoms. The van der Waals surface area contributed by atoms with Gasteiger partial charge in [-0.2, -0.15) is 0 Å². The van der Waals surface area contributed by atoms with Gasteiger partial charge in [0.25, 0.3) is 0 Å². The summed E-state index contributed by atoms with van der Waals surface area (Å²) in [5.41, 5.74) is 6.73. The smallest absolute Gasteiger partial charge is 0.132 e. The first kappa shape index (κ1) is 11.9. The fourth-order valence-electron chi connectivity index (χ4n) is 1.49. The molecule has 0 saturated heterocycles. The number of rotatable bonds is 6. The first-order valence-electron chi connectivity index (χ1n) is 5.13. The first-order chi connectivity index (χ1) is 7.29. The molecule has 0 unspecified atom stereocenters. The minimum absolute atomic E-state index is 0.526. The highest BCUT2D eigenvalue weighted by Crippen LogP contribution is 2.14. The number of hydrogen-bond donors (Lipinski definition) is 1. The van der Waals surface area contributed by atoms with E-state index in [1.165, 1.54) is 0 Å². The maximum Gasteiger partial charge on any atom is 0.132 e. The van der Waals surface area contributed by atoms with Crippen LogP contribution >= 0.6 is 0 Å². The van der Waals surface area contributed by atoms with Crippen molar-refractivity contribution in [2.45, 2.75) is 13.0 Å². The molecule has 0 aliphatic carbocycles. The summed E-state index contributed by atoms with van der Waals surface area (Å²) in [6.07, 6.45) is 2.79. The summed E-state index contributed by atoms with van der Waals surface area (Å²) < 4.78 is 5.01. The zero-order valence-corrected chi connectivity index (χ0v) is 9.44. The van der Waals surface area contributed by atoms with Gasteiger partial charge in [0.15, 0.2) is 0 Å². The highest BCUT2D eigenvalue weighted by molar-refractivity contribution is 5.45. The average molecular weight is 209 g/mol. The van der Waals surface area contributed by atoms with Crippen molar-refractivity contribution in [1.82, 2.24) is 4.98 Å². The topological polar surface area (TPSA) is 51.4 Å². The fourth-order valence-corrected chi connectivity index (χ4v) is 1.49. The summed E-state index contributed by atoms with van der Waals surface area (Å²) in [7, 11) is 3.74. The summed E-state index contributed by atoms with van der Waals surface area (Å²) in [5.74, 6) is 0.969. The molecule has 15 heavy (non-hydrogen) atoms. The predicted octanol–water partition coefficient (Wildman–Crippen LogP) is 1.01. The Balaban J connectivity index is 2.59. The van der Waals surface area contributed by atoms with Crippen molar-refractivity contribution in [2.24, 2.45) is 5.73 Å². The third-order valence-electron chi connectivity index (χ3n) is 2.29. The molecule has 84 valence electrons. The largest absolute Gasteiger partial charge is 0.385 e. The average Bonchev–Trinajstić information content (AvgIpc) is 2.29. The number of hydrogen-bond acceptors (Lipinski definition) is 4. The van der Waals surface area contributed by atoms with E-state index in [0.29, 0.717) is 6.54 Å². The molecule has 4 heteroatoms. The molecule has 1 rings (SSSR count). The molecule has 1 aromatic rings. The van der Waals surface area contributed by atoms with Crippen LogP contribution in [0, 0.1) is 0 Å². The molecule has 0 amide bonds. The lowest BCUT2D eigenvalue weighted by Gasteiger charge is -2.20. The number of nitrogens with zero attached hydrogens (tertiary/aromatic N) is 2. The molecule has 2 N–H and O–H groups in total. The van der Waals surface area contributed by atoms with Gasteiger partial charge >= 0.3 is 0 Å². The van der Waals surface area contributed by atoms with Crippen molar-refractivity contribution in [2.75, 3.05) is 32.2 Å². The van der Waals surface area contributed by atoms with Crippen LogP contribution in [-0.2, 0) is 11.3 Å². The highest BCUT2D eigenvalue weighted by Gasteiger charge is 2.06. The zero-order chi connectivity index (χ0) is 11.1. The van der Waals surface area contributed by atoms with Gasteiger partial charge in [0.1, 0.15) is 5.82 Å². The van der Waals surface area contributed by atoms with Crippen LogP contribution in [0.3, 0.4) is 0 Å². The Morgan fingerprint density at radius 3 is 3.00 bits per heavy atom. The Hall–Kier alpha value is -1.13. The van der Waals surface area contributed by atoms with Crippen molar-refractivity contribution < 1.29 is 4.74 Å². The Kier molecular flexibility index (Phi) is 5.07. The van der Waals surface area contributed by atoms with E-state index in [9.17, 15) is 0 Å². The van der Waals surface area contributed by atoms with Crippen LogP contribution in [0.4, 0.5) is 5.82 Å². The highest BCUT2D eigenvalue weighted by atomic mass is 16.5. The summed E-state index contributed by atoms with van der Waals surface area (Å²) in [5, 5.41) is 0. The van der Waals surface area contributed by atoms with E-state index in [4.69, 9.17) is 10.5 Å². The number of nitrogens with two attached hydrogens (primary N) is 1. The molecular weight excluding hydrogens is 190 g/mol. The van der Waals surface area contributed by atoms with Gasteiger partial charge in [-0.1, -0.05) is 6.07 Å². The summed E-state index contributed by atoms with van der Waals surface area (Å²) in [6, 6.07) is 3.92. The lowest BCUT2D eigenvalue weighted by atomic mass is 10.2. The normalized spacial score (nSPS) is 10.3. The lowest BCUT2D eigenvalue weighted by molar-refractivity contribution is 0.196. The van der Waals surface area contributed by atoms with Gasteiger partial charge in [-0.15, -0.1) is 0 Å². The third-order valence-corrected chi connectivity index (χ3v) is 2.29. The van der Waals surface area contributed by atoms with Crippen molar-refractivity contribution >= 4 is 5.82 Å². The van der Waals surface area contributed by atoms with E-state index < -0.39 is 0 Å². The van der Waals surface area contributed by atoms with E-state index in [1.54, 1.807) is 13.3 Å². The Labute approximate surface area is 91.1 Å². The summed E-state index contributed by atoms with van der Waals surface area (Å²) in [4.78, 5) is 6.45. The van der Waals surface area contributed by atoms with Crippen LogP contribution in [0.15, 0.2) is 18.3 Å². The molecule has 1 heterocycles. The van der Waals surface area contributed by atoms with Crippen molar-refractivity contribution in [3.05, 3.63) is 23.9 Å².